The summed E-state index contributed by atoms with van der Waals surface area (Å²) >= 11 is 0. The van der Waals surface area contributed by atoms with Crippen LogP contribution in [0.25, 0.3) is 16.9 Å². The zero-order valence-electron chi connectivity index (χ0n) is 22.8. The zero-order valence-corrected chi connectivity index (χ0v) is 22.8. The SMILES string of the molecule is COc1cc(-c2[nH]c3c(C#N)cnn3c2Nc2ccc(CNC(=O)c3cccnc3OC)cc2)cc(OC)c1OC. The van der Waals surface area contributed by atoms with Crippen LogP contribution in [-0.2, 0) is 6.54 Å². The van der Waals surface area contributed by atoms with E-state index in [1.807, 2.05) is 36.4 Å². The Balaban J connectivity index is 1.43. The molecule has 5 rings (SSSR count). The summed E-state index contributed by atoms with van der Waals surface area (Å²) in [6, 6.07) is 16.7. The number of hydrogen-bond donors (Lipinski definition) is 3. The molecular weight excluding hydrogens is 526 g/mol. The Kier molecular flexibility index (Phi) is 7.60. The minimum absolute atomic E-state index is 0.267. The molecule has 5 aromatic rings. The third-order valence-corrected chi connectivity index (χ3v) is 6.41. The van der Waals surface area contributed by atoms with Gasteiger partial charge in [0.1, 0.15) is 17.2 Å². The minimum Gasteiger partial charge on any atom is -0.493 e. The van der Waals surface area contributed by atoms with Gasteiger partial charge in [-0.3, -0.25) is 4.79 Å². The number of aromatic nitrogens is 4. The number of anilines is 2. The summed E-state index contributed by atoms with van der Waals surface area (Å²) in [5, 5.41) is 20.3. The first-order chi connectivity index (χ1) is 20.0. The highest BCUT2D eigenvalue weighted by molar-refractivity contribution is 5.96. The number of nitrogens with zero attached hydrogens (tertiary/aromatic N) is 4. The van der Waals surface area contributed by atoms with Gasteiger partial charge < -0.3 is 34.6 Å². The van der Waals surface area contributed by atoms with Gasteiger partial charge in [-0.15, -0.1) is 0 Å². The predicted octanol–water partition coefficient (Wildman–Crippen LogP) is 4.30. The fourth-order valence-electron chi connectivity index (χ4n) is 4.40. The lowest BCUT2D eigenvalue weighted by molar-refractivity contribution is 0.0947. The number of carbonyl (C=O) groups is 1. The maximum absolute atomic E-state index is 12.6. The highest BCUT2D eigenvalue weighted by Gasteiger charge is 2.21. The van der Waals surface area contributed by atoms with Crippen molar-refractivity contribution < 1.29 is 23.7 Å². The smallest absolute Gasteiger partial charge is 0.257 e. The third-order valence-electron chi connectivity index (χ3n) is 6.41. The Morgan fingerprint density at radius 1 is 1.02 bits per heavy atom. The quantitative estimate of drug-likeness (QED) is 0.230. The summed E-state index contributed by atoms with van der Waals surface area (Å²) in [6.07, 6.45) is 3.07. The highest BCUT2D eigenvalue weighted by Crippen LogP contribution is 2.43. The van der Waals surface area contributed by atoms with Crippen LogP contribution in [-0.4, -0.2) is 53.9 Å². The first-order valence-corrected chi connectivity index (χ1v) is 12.4. The topological polar surface area (TPSA) is 148 Å². The standard InChI is InChI=1S/C29H27N7O5/c1-38-22-12-18(13-23(39-2)25(22)40-3)24-27(36-26(35-24)19(14-30)16-33-36)34-20-9-7-17(8-10-20)15-32-28(37)21-6-5-11-31-29(21)41-4/h5-13,16,34-35H,15H2,1-4H3,(H,32,37). The lowest BCUT2D eigenvalue weighted by Gasteiger charge is -2.15. The van der Waals surface area contributed by atoms with Crippen molar-refractivity contribution in [3.8, 4) is 40.5 Å². The molecule has 0 bridgehead atoms. The Hall–Kier alpha value is -5.70. The lowest BCUT2D eigenvalue weighted by Crippen LogP contribution is -2.23. The van der Waals surface area contributed by atoms with E-state index >= 15 is 0 Å². The number of amides is 1. The van der Waals surface area contributed by atoms with Gasteiger partial charge in [-0.25, -0.2) is 4.98 Å². The molecule has 0 unspecified atom stereocenters. The second-order valence-corrected chi connectivity index (χ2v) is 8.76. The van der Waals surface area contributed by atoms with Crippen molar-refractivity contribution in [2.75, 3.05) is 33.8 Å². The molecular formula is C29H27N7O5. The van der Waals surface area contributed by atoms with E-state index in [-0.39, 0.29) is 11.8 Å². The van der Waals surface area contributed by atoms with Gasteiger partial charge in [0.2, 0.25) is 11.6 Å². The summed E-state index contributed by atoms with van der Waals surface area (Å²) in [5.41, 5.74) is 4.32. The summed E-state index contributed by atoms with van der Waals surface area (Å²) in [6.45, 7) is 0.312. The number of methoxy groups -OCH3 is 4. The maximum atomic E-state index is 12.6. The largest absolute Gasteiger partial charge is 0.493 e. The van der Waals surface area contributed by atoms with E-state index in [2.05, 4.69) is 31.8 Å². The van der Waals surface area contributed by atoms with E-state index in [1.165, 1.54) is 13.3 Å². The van der Waals surface area contributed by atoms with E-state index in [4.69, 9.17) is 18.9 Å². The maximum Gasteiger partial charge on any atom is 0.257 e. The van der Waals surface area contributed by atoms with Crippen LogP contribution in [0, 0.1) is 11.3 Å². The van der Waals surface area contributed by atoms with Gasteiger partial charge >= 0.3 is 0 Å². The summed E-state index contributed by atoms with van der Waals surface area (Å²) in [5.74, 6) is 2.01. The van der Waals surface area contributed by atoms with E-state index in [0.717, 1.165) is 16.8 Å². The average Bonchev–Trinajstić information content (AvgIpc) is 3.59. The van der Waals surface area contributed by atoms with E-state index in [0.29, 0.717) is 52.1 Å². The number of imidazole rings is 1. The number of H-pyrrole nitrogens is 1. The van der Waals surface area contributed by atoms with Gasteiger partial charge in [0, 0.05) is 24.0 Å². The van der Waals surface area contributed by atoms with E-state index in [9.17, 15) is 10.1 Å². The van der Waals surface area contributed by atoms with Crippen LogP contribution in [0.2, 0.25) is 0 Å². The number of nitrogens with one attached hydrogen (secondary N) is 3. The van der Waals surface area contributed by atoms with E-state index < -0.39 is 0 Å². The first-order valence-electron chi connectivity index (χ1n) is 12.4. The van der Waals surface area contributed by atoms with Gasteiger partial charge in [0.15, 0.2) is 23.0 Å². The number of pyridine rings is 1. The van der Waals surface area contributed by atoms with Crippen LogP contribution in [0.1, 0.15) is 21.5 Å². The third kappa shape index (κ3) is 5.16. The molecule has 0 saturated carbocycles. The Morgan fingerprint density at radius 2 is 1.76 bits per heavy atom. The minimum atomic E-state index is -0.283. The Morgan fingerprint density at radius 3 is 2.39 bits per heavy atom. The van der Waals surface area contributed by atoms with Crippen molar-refractivity contribution in [3.05, 3.63) is 77.6 Å². The van der Waals surface area contributed by atoms with Crippen LogP contribution >= 0.6 is 0 Å². The summed E-state index contributed by atoms with van der Waals surface area (Å²) in [7, 11) is 6.11. The second-order valence-electron chi connectivity index (χ2n) is 8.76. The number of fused-ring (bicyclic) bond motifs is 1. The molecule has 0 saturated heterocycles. The van der Waals surface area contributed by atoms with Crippen molar-refractivity contribution in [2.45, 2.75) is 6.54 Å². The molecule has 12 heteroatoms. The molecule has 0 spiro atoms. The van der Waals surface area contributed by atoms with Crippen LogP contribution < -0.4 is 29.6 Å². The number of aromatic amines is 1. The Labute approximate surface area is 235 Å². The van der Waals surface area contributed by atoms with Crippen LogP contribution in [0.15, 0.2) is 60.9 Å². The summed E-state index contributed by atoms with van der Waals surface area (Å²) < 4.78 is 23.4. The number of benzene rings is 2. The monoisotopic (exact) mass is 553 g/mol. The van der Waals surface area contributed by atoms with E-state index in [1.54, 1.807) is 44.2 Å². The molecule has 0 aliphatic heterocycles. The molecule has 0 aliphatic rings. The lowest BCUT2D eigenvalue weighted by atomic mass is 10.1. The molecule has 2 aromatic carbocycles. The van der Waals surface area contributed by atoms with Gasteiger partial charge in [0.25, 0.3) is 5.91 Å². The molecule has 3 N–H and O–H groups in total. The molecule has 0 radical (unpaired) electrons. The number of rotatable bonds is 10. The fraction of sp³-hybridized carbons (Fsp3) is 0.172. The fourth-order valence-corrected chi connectivity index (χ4v) is 4.40. The first kappa shape index (κ1) is 26.9. The second kappa shape index (κ2) is 11.6. The van der Waals surface area contributed by atoms with Crippen molar-refractivity contribution >= 4 is 23.1 Å². The summed E-state index contributed by atoms with van der Waals surface area (Å²) in [4.78, 5) is 20.0. The van der Waals surface area contributed by atoms with Crippen molar-refractivity contribution in [1.29, 1.82) is 5.26 Å². The molecule has 12 nitrogen and oxygen atoms in total. The average molecular weight is 554 g/mol. The van der Waals surface area contributed by atoms with Crippen LogP contribution in [0.3, 0.4) is 0 Å². The molecule has 0 atom stereocenters. The van der Waals surface area contributed by atoms with Gasteiger partial charge in [-0.2, -0.15) is 14.9 Å². The number of carbonyl (C=O) groups excluding carboxylic acids is 1. The number of nitriles is 1. The Bertz CT molecular complexity index is 1730. The molecule has 3 aromatic heterocycles. The van der Waals surface area contributed by atoms with Gasteiger partial charge in [-0.1, -0.05) is 12.1 Å². The zero-order chi connectivity index (χ0) is 28.9. The van der Waals surface area contributed by atoms with Crippen LogP contribution in [0.4, 0.5) is 11.5 Å². The molecule has 1 amide bonds. The highest BCUT2D eigenvalue weighted by atomic mass is 16.5. The van der Waals surface area contributed by atoms with Gasteiger partial charge in [0.05, 0.1) is 40.3 Å². The molecule has 3 heterocycles. The van der Waals surface area contributed by atoms with Gasteiger partial charge in [-0.05, 0) is 42.0 Å². The van der Waals surface area contributed by atoms with Crippen molar-refractivity contribution in [1.82, 2.24) is 24.9 Å². The molecule has 0 fully saturated rings. The molecule has 208 valence electrons. The normalized spacial score (nSPS) is 10.6. The number of ether oxygens (including phenoxy) is 4. The number of hydrogen-bond acceptors (Lipinski definition) is 9. The van der Waals surface area contributed by atoms with Crippen molar-refractivity contribution in [3.63, 3.8) is 0 Å². The predicted molar refractivity (Wildman–Crippen MR) is 151 cm³/mol. The molecule has 41 heavy (non-hydrogen) atoms. The molecule has 0 aliphatic carbocycles. The van der Waals surface area contributed by atoms with Crippen LogP contribution in [0.5, 0.6) is 23.1 Å². The van der Waals surface area contributed by atoms with Crippen molar-refractivity contribution in [2.24, 2.45) is 0 Å².